The molecule has 3 aromatic rings. The van der Waals surface area contributed by atoms with E-state index in [0.717, 1.165) is 53.9 Å². The van der Waals surface area contributed by atoms with Gasteiger partial charge in [0.1, 0.15) is 0 Å². The monoisotopic (exact) mass is 662 g/mol. The molecule has 1 fully saturated rings. The normalized spacial score (nSPS) is 20.5. The van der Waals surface area contributed by atoms with Crippen LogP contribution >= 0.6 is 0 Å². The SMILES string of the molecule is Cc1cc(C)c2c(c1)[C@@H](N(Cc1cc(C(F)(F)F)cc(C(F)(F)F)c1)c1nnn(C)n1)CCCN2CC1CCC(C(=O)O)CC1.[NaH]. The van der Waals surface area contributed by atoms with E-state index in [1.807, 2.05) is 19.9 Å². The number of nitrogens with zero attached hydrogens (tertiary/aromatic N) is 6. The zero-order valence-corrected chi connectivity index (χ0v) is 25.3. The molecule has 2 aromatic carbocycles. The molecule has 2 aliphatic rings. The van der Waals surface area contributed by atoms with E-state index in [1.165, 1.54) is 11.8 Å². The van der Waals surface area contributed by atoms with Crippen LogP contribution in [0.1, 0.15) is 77.9 Å². The van der Waals surface area contributed by atoms with Crippen LogP contribution in [0, 0.1) is 25.7 Å². The van der Waals surface area contributed by atoms with Gasteiger partial charge in [0.15, 0.2) is 0 Å². The Morgan fingerprint density at radius 3 is 2.13 bits per heavy atom. The minimum atomic E-state index is -4.97. The van der Waals surface area contributed by atoms with E-state index in [1.54, 1.807) is 4.90 Å². The first kappa shape index (κ1) is 36.0. The average molecular weight is 663 g/mol. The van der Waals surface area contributed by atoms with Gasteiger partial charge in [0, 0.05) is 25.3 Å². The van der Waals surface area contributed by atoms with E-state index in [9.17, 15) is 36.2 Å². The Morgan fingerprint density at radius 2 is 1.59 bits per heavy atom. The zero-order chi connectivity index (χ0) is 32.7. The van der Waals surface area contributed by atoms with Crippen molar-refractivity contribution in [3.8, 4) is 0 Å². The molecular weight excluding hydrogens is 625 g/mol. The summed E-state index contributed by atoms with van der Waals surface area (Å²) < 4.78 is 82.4. The molecule has 1 saturated carbocycles. The van der Waals surface area contributed by atoms with Crippen molar-refractivity contribution in [3.63, 3.8) is 0 Å². The Kier molecular flexibility index (Phi) is 11.0. The number of hydrogen-bond acceptors (Lipinski definition) is 6. The van der Waals surface area contributed by atoms with Crippen LogP contribution < -0.4 is 9.80 Å². The van der Waals surface area contributed by atoms with E-state index in [0.29, 0.717) is 38.1 Å². The molecule has 246 valence electrons. The molecule has 0 saturated heterocycles. The van der Waals surface area contributed by atoms with Gasteiger partial charge < -0.3 is 14.9 Å². The number of tetrazole rings is 1. The predicted octanol–water partition coefficient (Wildman–Crippen LogP) is 6.46. The van der Waals surface area contributed by atoms with E-state index >= 15 is 0 Å². The first-order chi connectivity index (χ1) is 21.1. The van der Waals surface area contributed by atoms with Crippen LogP contribution in [0.5, 0.6) is 0 Å². The van der Waals surface area contributed by atoms with Crippen LogP contribution in [-0.4, -0.2) is 73.9 Å². The predicted molar refractivity (Wildman–Crippen MR) is 162 cm³/mol. The van der Waals surface area contributed by atoms with Crippen molar-refractivity contribution in [3.05, 3.63) is 63.7 Å². The van der Waals surface area contributed by atoms with Gasteiger partial charge in [-0.1, -0.05) is 22.8 Å². The first-order valence-electron chi connectivity index (χ1n) is 15.0. The van der Waals surface area contributed by atoms with Crippen molar-refractivity contribution in [2.45, 2.75) is 77.3 Å². The van der Waals surface area contributed by atoms with Gasteiger partial charge in [0.2, 0.25) is 0 Å². The number of aliphatic carboxylic acids is 1. The topological polar surface area (TPSA) is 87.4 Å². The van der Waals surface area contributed by atoms with Crippen molar-refractivity contribution >= 4 is 47.2 Å². The summed E-state index contributed by atoms with van der Waals surface area (Å²) in [5.41, 5.74) is 0.892. The van der Waals surface area contributed by atoms with Gasteiger partial charge in [0.05, 0.1) is 30.1 Å². The maximum atomic E-state index is 13.7. The molecule has 0 bridgehead atoms. The standard InChI is InChI=1S/C31H36F6N6O2.Na.H/c1-18-11-19(2)27-25(12-18)26(5-4-10-42(27)16-20-6-8-22(9-7-20)28(44)45)43(29-38-40-41(3)39-29)17-21-13-23(30(32,33)34)15-24(14-21)31(35,36)37;;/h11-15,20,22,26H,4-10,16-17H2,1-3H3,(H,44,45);;/t20?,22?,26-;;/m0../s1. The van der Waals surface area contributed by atoms with Crippen LogP contribution in [-0.2, 0) is 30.7 Å². The quantitative estimate of drug-likeness (QED) is 0.230. The van der Waals surface area contributed by atoms with Crippen LogP contribution in [0.4, 0.5) is 38.0 Å². The Labute approximate surface area is 285 Å². The fourth-order valence-electron chi connectivity index (χ4n) is 6.85. The Morgan fingerprint density at radius 1 is 0.957 bits per heavy atom. The molecule has 0 amide bonds. The van der Waals surface area contributed by atoms with Gasteiger partial charge in [-0.05, 0) is 98.4 Å². The summed E-state index contributed by atoms with van der Waals surface area (Å²) in [6, 6.07) is 5.23. The van der Waals surface area contributed by atoms with Crippen molar-refractivity contribution in [1.29, 1.82) is 0 Å². The molecule has 1 aliphatic heterocycles. The van der Waals surface area contributed by atoms with E-state index in [-0.39, 0.29) is 59.6 Å². The molecular formula is C31H37F6N6NaO2. The average Bonchev–Trinajstić information content (AvgIpc) is 3.30. The van der Waals surface area contributed by atoms with Crippen molar-refractivity contribution in [2.75, 3.05) is 22.9 Å². The molecule has 1 aromatic heterocycles. The van der Waals surface area contributed by atoms with Crippen molar-refractivity contribution in [1.82, 2.24) is 20.2 Å². The summed E-state index contributed by atoms with van der Waals surface area (Å²) in [7, 11) is 1.54. The number of carboxylic acid groups (broad SMARTS) is 1. The van der Waals surface area contributed by atoms with Crippen LogP contribution in [0.15, 0.2) is 30.3 Å². The number of aryl methyl sites for hydroxylation is 3. The van der Waals surface area contributed by atoms with Gasteiger partial charge in [-0.15, -0.1) is 5.10 Å². The number of fused-ring (bicyclic) bond motifs is 1. The number of rotatable bonds is 7. The molecule has 1 atom stereocenters. The third-order valence-electron chi connectivity index (χ3n) is 8.86. The van der Waals surface area contributed by atoms with E-state index < -0.39 is 35.5 Å². The molecule has 0 spiro atoms. The Balaban J connectivity index is 0.00000480. The molecule has 8 nitrogen and oxygen atoms in total. The number of anilines is 2. The fraction of sp³-hybridized carbons (Fsp3) is 0.548. The van der Waals surface area contributed by atoms with Crippen molar-refractivity contribution in [2.24, 2.45) is 18.9 Å². The number of benzene rings is 2. The zero-order valence-electron chi connectivity index (χ0n) is 25.3. The number of carboxylic acids is 1. The molecule has 46 heavy (non-hydrogen) atoms. The molecule has 0 radical (unpaired) electrons. The molecule has 15 heteroatoms. The van der Waals surface area contributed by atoms with Gasteiger partial charge in [-0.25, -0.2) is 0 Å². The second-order valence-electron chi connectivity index (χ2n) is 12.3. The fourth-order valence-corrected chi connectivity index (χ4v) is 6.85. The summed E-state index contributed by atoms with van der Waals surface area (Å²) in [4.78, 5) is 16.6. The van der Waals surface area contributed by atoms with Gasteiger partial charge >= 0.3 is 47.9 Å². The van der Waals surface area contributed by atoms with Crippen LogP contribution in [0.2, 0.25) is 0 Å². The summed E-state index contributed by atoms with van der Waals surface area (Å²) in [6.07, 6.45) is -5.87. The second kappa shape index (κ2) is 14.1. The molecule has 1 aliphatic carbocycles. The number of aromatic nitrogens is 4. The third-order valence-corrected chi connectivity index (χ3v) is 8.86. The van der Waals surface area contributed by atoms with E-state index in [4.69, 9.17) is 0 Å². The van der Waals surface area contributed by atoms with Crippen LogP contribution in [0.25, 0.3) is 0 Å². The van der Waals surface area contributed by atoms with Gasteiger partial charge in [0.25, 0.3) is 5.95 Å². The van der Waals surface area contributed by atoms with Crippen LogP contribution in [0.3, 0.4) is 0 Å². The number of carbonyl (C=O) groups is 1. The minimum absolute atomic E-state index is 0. The molecule has 0 unspecified atom stereocenters. The summed E-state index contributed by atoms with van der Waals surface area (Å²) >= 11 is 0. The van der Waals surface area contributed by atoms with Gasteiger partial charge in [-0.3, -0.25) is 4.79 Å². The van der Waals surface area contributed by atoms with Crippen molar-refractivity contribution < 1.29 is 36.2 Å². The van der Waals surface area contributed by atoms with E-state index in [2.05, 4.69) is 26.4 Å². The summed E-state index contributed by atoms with van der Waals surface area (Å²) in [6.45, 7) is 5.04. The summed E-state index contributed by atoms with van der Waals surface area (Å²) in [5.74, 6) is -0.690. The Hall–Kier alpha value is -2.84. The first-order valence-corrected chi connectivity index (χ1v) is 15.0. The van der Waals surface area contributed by atoms with Gasteiger partial charge in [-0.2, -0.15) is 31.1 Å². The maximum absolute atomic E-state index is 13.7. The second-order valence-corrected chi connectivity index (χ2v) is 12.3. The molecule has 1 N–H and O–H groups in total. The third kappa shape index (κ3) is 8.17. The molecule has 5 rings (SSSR count). The number of halogens is 6. The Bertz CT molecular complexity index is 1500. The molecule has 2 heterocycles. The number of alkyl halides is 6. The number of hydrogen-bond donors (Lipinski definition) is 1. The summed E-state index contributed by atoms with van der Waals surface area (Å²) in [5, 5.41) is 21.8.